The molecule has 0 fully saturated rings. The Bertz CT molecular complexity index is 708. The molecule has 3 N–H and O–H groups in total. The van der Waals surface area contributed by atoms with Crippen LogP contribution in [-0.4, -0.2) is 21.6 Å². The molecule has 0 aliphatic heterocycles. The molecule has 0 unspecified atom stereocenters. The number of halogens is 2. The lowest BCUT2D eigenvalue weighted by Crippen LogP contribution is -2.20. The summed E-state index contributed by atoms with van der Waals surface area (Å²) in [5.41, 5.74) is 5.82. The van der Waals surface area contributed by atoms with Gasteiger partial charge in [0.1, 0.15) is 10.7 Å². The van der Waals surface area contributed by atoms with Crippen LogP contribution < -0.4 is 11.1 Å². The van der Waals surface area contributed by atoms with Gasteiger partial charge in [-0.2, -0.15) is 18.6 Å². The van der Waals surface area contributed by atoms with E-state index >= 15 is 0 Å². The molecule has 2 heterocycles. The van der Waals surface area contributed by atoms with Gasteiger partial charge in [-0.15, -0.1) is 11.3 Å². The van der Waals surface area contributed by atoms with Crippen LogP contribution in [0.3, 0.4) is 0 Å². The van der Waals surface area contributed by atoms with Gasteiger partial charge in [-0.05, 0) is 25.5 Å². The smallest absolute Gasteiger partial charge is 0.333 e. The van der Waals surface area contributed by atoms with Crippen molar-refractivity contribution in [3.05, 3.63) is 34.0 Å². The van der Waals surface area contributed by atoms with E-state index in [9.17, 15) is 18.4 Å². The number of anilines is 1. The summed E-state index contributed by atoms with van der Waals surface area (Å²) in [4.78, 5) is 24.3. The zero-order valence-corrected chi connectivity index (χ0v) is 12.0. The molecule has 6 nitrogen and oxygen atoms in total. The summed E-state index contributed by atoms with van der Waals surface area (Å²) in [6, 6.07) is 1.17. The number of amides is 2. The number of rotatable bonds is 4. The molecule has 0 aromatic carbocycles. The van der Waals surface area contributed by atoms with Crippen LogP contribution in [0.15, 0.2) is 12.3 Å². The fourth-order valence-corrected chi connectivity index (χ4v) is 2.89. The average molecular weight is 314 g/mol. The molecule has 9 heteroatoms. The lowest BCUT2D eigenvalue weighted by atomic mass is 10.1. The Hall–Kier alpha value is -2.29. The molecule has 0 aliphatic carbocycles. The van der Waals surface area contributed by atoms with E-state index in [2.05, 4.69) is 10.4 Å². The van der Waals surface area contributed by atoms with E-state index in [1.807, 2.05) is 0 Å². The maximum absolute atomic E-state index is 12.7. The Balaban J connectivity index is 2.34. The second-order valence-corrected chi connectivity index (χ2v) is 5.47. The lowest BCUT2D eigenvalue weighted by Gasteiger charge is -2.07. The van der Waals surface area contributed by atoms with Gasteiger partial charge < -0.3 is 11.1 Å². The molecule has 112 valence electrons. The third-order valence-electron chi connectivity index (χ3n) is 2.95. The molecular formula is C12H12F2N4O2S. The predicted molar refractivity (Wildman–Crippen MR) is 73.7 cm³/mol. The average Bonchev–Trinajstić information content (AvgIpc) is 2.95. The predicted octanol–water partition coefficient (Wildman–Crippen LogP) is 2.31. The number of hydrogen-bond acceptors (Lipinski definition) is 4. The summed E-state index contributed by atoms with van der Waals surface area (Å²) in [5, 5.41) is 6.05. The van der Waals surface area contributed by atoms with E-state index in [0.29, 0.717) is 10.2 Å². The van der Waals surface area contributed by atoms with Gasteiger partial charge >= 0.3 is 6.55 Å². The minimum absolute atomic E-state index is 0.189. The van der Waals surface area contributed by atoms with E-state index in [1.165, 1.54) is 6.07 Å². The third-order valence-corrected chi connectivity index (χ3v) is 4.07. The van der Waals surface area contributed by atoms with E-state index in [0.717, 1.165) is 22.4 Å². The number of aromatic nitrogens is 2. The van der Waals surface area contributed by atoms with Gasteiger partial charge in [0.05, 0.1) is 5.56 Å². The number of carbonyl (C=O) groups is 2. The molecule has 2 rings (SSSR count). The molecule has 21 heavy (non-hydrogen) atoms. The maximum Gasteiger partial charge on any atom is 0.333 e. The molecule has 0 saturated carbocycles. The van der Waals surface area contributed by atoms with Crippen molar-refractivity contribution in [2.75, 3.05) is 5.32 Å². The lowest BCUT2D eigenvalue weighted by molar-refractivity contribution is 0.0520. The minimum Gasteiger partial charge on any atom is -0.365 e. The topological polar surface area (TPSA) is 90.0 Å². The molecule has 0 radical (unpaired) electrons. The van der Waals surface area contributed by atoms with E-state index < -0.39 is 18.4 Å². The molecular weight excluding hydrogens is 302 g/mol. The zero-order chi connectivity index (χ0) is 15.7. The first-order valence-electron chi connectivity index (χ1n) is 5.85. The number of carbonyl (C=O) groups excluding carboxylic acids is 2. The summed E-state index contributed by atoms with van der Waals surface area (Å²) < 4.78 is 25.7. The van der Waals surface area contributed by atoms with Crippen LogP contribution in [0.5, 0.6) is 0 Å². The molecule has 0 bridgehead atoms. The highest BCUT2D eigenvalue weighted by Crippen LogP contribution is 2.32. The summed E-state index contributed by atoms with van der Waals surface area (Å²) >= 11 is 1.16. The molecule has 0 atom stereocenters. The van der Waals surface area contributed by atoms with Gasteiger partial charge in [0.2, 0.25) is 0 Å². The molecule has 0 aliphatic rings. The third kappa shape index (κ3) is 2.77. The van der Waals surface area contributed by atoms with Crippen molar-refractivity contribution in [2.45, 2.75) is 20.4 Å². The summed E-state index contributed by atoms with van der Waals surface area (Å²) in [6.07, 6.45) is 1.10. The Morgan fingerprint density at radius 2 is 2.10 bits per heavy atom. The molecule has 2 aromatic rings. The first-order valence-corrected chi connectivity index (χ1v) is 6.67. The highest BCUT2D eigenvalue weighted by atomic mass is 32.1. The fourth-order valence-electron chi connectivity index (χ4n) is 1.83. The number of aryl methyl sites for hydroxylation is 1. The molecule has 2 aromatic heterocycles. The number of thiophene rings is 1. The highest BCUT2D eigenvalue weighted by molar-refractivity contribution is 7.16. The van der Waals surface area contributed by atoms with Crippen LogP contribution >= 0.6 is 11.3 Å². The van der Waals surface area contributed by atoms with Gasteiger partial charge in [0.15, 0.2) is 0 Å². The van der Waals surface area contributed by atoms with Gasteiger partial charge in [0, 0.05) is 11.1 Å². The first-order chi connectivity index (χ1) is 9.82. The van der Waals surface area contributed by atoms with Crippen molar-refractivity contribution in [3.63, 3.8) is 0 Å². The normalized spacial score (nSPS) is 10.9. The Morgan fingerprint density at radius 3 is 2.67 bits per heavy atom. The van der Waals surface area contributed by atoms with Crippen LogP contribution in [0.1, 0.15) is 37.8 Å². The van der Waals surface area contributed by atoms with Crippen molar-refractivity contribution in [2.24, 2.45) is 5.73 Å². The first kappa shape index (κ1) is 15.1. The van der Waals surface area contributed by atoms with Crippen LogP contribution in [0, 0.1) is 13.8 Å². The quantitative estimate of drug-likeness (QED) is 0.907. The number of nitrogens with two attached hydrogens (primary N) is 1. The van der Waals surface area contributed by atoms with Gasteiger partial charge in [0.25, 0.3) is 11.8 Å². The number of nitrogens with one attached hydrogen (secondary N) is 1. The van der Waals surface area contributed by atoms with Crippen molar-refractivity contribution >= 4 is 28.2 Å². The number of nitrogens with zero attached hydrogens (tertiary/aromatic N) is 2. The van der Waals surface area contributed by atoms with Crippen molar-refractivity contribution in [1.82, 2.24) is 9.78 Å². The van der Waals surface area contributed by atoms with Gasteiger partial charge in [-0.3, -0.25) is 9.59 Å². The summed E-state index contributed by atoms with van der Waals surface area (Å²) in [5.74, 6) is -1.47. The minimum atomic E-state index is -2.93. The number of hydrogen-bond donors (Lipinski definition) is 2. The van der Waals surface area contributed by atoms with Crippen molar-refractivity contribution < 1.29 is 18.4 Å². The van der Waals surface area contributed by atoms with Gasteiger partial charge in [-0.1, -0.05) is 0 Å². The van der Waals surface area contributed by atoms with Crippen LogP contribution in [-0.2, 0) is 0 Å². The summed E-state index contributed by atoms with van der Waals surface area (Å²) in [7, 11) is 0. The number of alkyl halides is 2. The van der Waals surface area contributed by atoms with Gasteiger partial charge in [-0.25, -0.2) is 0 Å². The zero-order valence-electron chi connectivity index (χ0n) is 11.2. The standard InChI is InChI=1S/C12H12F2N4O2S/c1-5-6(2)21-11(8(5)9(15)19)17-10(20)7-3-4-16-18(7)12(13)14/h3-4,12H,1-2H3,(H2,15,19)(H,17,20). The second-order valence-electron chi connectivity index (χ2n) is 4.24. The fraction of sp³-hybridized carbons (Fsp3) is 0.250. The van der Waals surface area contributed by atoms with Crippen LogP contribution in [0.4, 0.5) is 13.8 Å². The van der Waals surface area contributed by atoms with Crippen molar-refractivity contribution in [1.29, 1.82) is 0 Å². The van der Waals surface area contributed by atoms with Crippen LogP contribution in [0.2, 0.25) is 0 Å². The maximum atomic E-state index is 12.7. The Kier molecular flexibility index (Phi) is 4.03. The van der Waals surface area contributed by atoms with E-state index in [1.54, 1.807) is 13.8 Å². The number of primary amides is 1. The second kappa shape index (κ2) is 5.60. The van der Waals surface area contributed by atoms with E-state index in [4.69, 9.17) is 5.73 Å². The largest absolute Gasteiger partial charge is 0.365 e. The Labute approximate surface area is 122 Å². The Morgan fingerprint density at radius 1 is 1.43 bits per heavy atom. The van der Waals surface area contributed by atoms with Crippen molar-refractivity contribution in [3.8, 4) is 0 Å². The van der Waals surface area contributed by atoms with Crippen LogP contribution in [0.25, 0.3) is 0 Å². The van der Waals surface area contributed by atoms with E-state index in [-0.39, 0.29) is 16.3 Å². The summed E-state index contributed by atoms with van der Waals surface area (Å²) in [6.45, 7) is 0.541. The molecule has 0 saturated heterocycles. The molecule has 0 spiro atoms. The molecule has 2 amide bonds. The SMILES string of the molecule is Cc1sc(NC(=O)c2ccnn2C(F)F)c(C(N)=O)c1C. The monoisotopic (exact) mass is 314 g/mol. The highest BCUT2D eigenvalue weighted by Gasteiger charge is 2.22.